The van der Waals surface area contributed by atoms with Crippen LogP contribution in [0.3, 0.4) is 0 Å². The van der Waals surface area contributed by atoms with Crippen LogP contribution in [-0.2, 0) is 19.1 Å². The Balaban J connectivity index is 1.65. The maximum absolute atomic E-state index is 12.1. The monoisotopic (exact) mass is 430 g/mol. The molecule has 0 bridgehead atoms. The predicted octanol–water partition coefficient (Wildman–Crippen LogP) is 5.94. The summed E-state index contributed by atoms with van der Waals surface area (Å²) in [5.41, 5.74) is 0.562. The van der Waals surface area contributed by atoms with Crippen LogP contribution in [0.4, 0.5) is 0 Å². The Kier molecular flexibility index (Phi) is 6.07. The van der Waals surface area contributed by atoms with E-state index in [2.05, 4.69) is 33.4 Å². The van der Waals surface area contributed by atoms with Crippen LogP contribution in [0.15, 0.2) is 12.7 Å². The van der Waals surface area contributed by atoms with Gasteiger partial charge in [-0.3, -0.25) is 9.59 Å². The zero-order valence-corrected chi connectivity index (χ0v) is 20.2. The van der Waals surface area contributed by atoms with Gasteiger partial charge >= 0.3 is 11.9 Å². The van der Waals surface area contributed by atoms with Gasteiger partial charge in [-0.25, -0.2) is 0 Å². The van der Waals surface area contributed by atoms with Gasteiger partial charge in [0.15, 0.2) is 0 Å². The van der Waals surface area contributed by atoms with Crippen molar-refractivity contribution < 1.29 is 19.1 Å². The smallest absolute Gasteiger partial charge is 0.302 e. The van der Waals surface area contributed by atoms with Crippen LogP contribution in [0.1, 0.15) is 86.0 Å². The molecule has 31 heavy (non-hydrogen) atoms. The Morgan fingerprint density at radius 1 is 0.935 bits per heavy atom. The van der Waals surface area contributed by atoms with E-state index in [-0.39, 0.29) is 29.6 Å². The molecule has 4 nitrogen and oxygen atoms in total. The standard InChI is InChI=1S/C27H42O4/c1-7-16(2)21-8-9-22-25-23(11-13-27(21,22)6)26(5)12-10-20(30-17(3)28)14-19(26)15-24(25)31-18(4)29/h7,16,19-25H,1,8-15H2,2-6H3/t16-,19?,20?,21?,22?,23?,24?,25?,26?,27?/m1/s1. The van der Waals surface area contributed by atoms with Crippen molar-refractivity contribution in [2.75, 3.05) is 0 Å². The highest BCUT2D eigenvalue weighted by Crippen LogP contribution is 2.68. The van der Waals surface area contributed by atoms with Gasteiger partial charge in [0.2, 0.25) is 0 Å². The van der Waals surface area contributed by atoms with Gasteiger partial charge in [-0.2, -0.15) is 0 Å². The summed E-state index contributed by atoms with van der Waals surface area (Å²) in [5.74, 6) is 2.99. The molecule has 0 aromatic rings. The van der Waals surface area contributed by atoms with E-state index in [1.807, 2.05) is 0 Å². The van der Waals surface area contributed by atoms with Crippen molar-refractivity contribution in [3.05, 3.63) is 12.7 Å². The normalized spacial score (nSPS) is 47.3. The first kappa shape index (κ1) is 22.9. The van der Waals surface area contributed by atoms with Crippen LogP contribution < -0.4 is 0 Å². The Hall–Kier alpha value is -1.32. The van der Waals surface area contributed by atoms with Gasteiger partial charge in [0, 0.05) is 19.8 Å². The molecule has 4 saturated carbocycles. The highest BCUT2D eigenvalue weighted by molar-refractivity contribution is 5.66. The first-order valence-corrected chi connectivity index (χ1v) is 12.6. The molecule has 9 unspecified atom stereocenters. The first-order chi connectivity index (χ1) is 14.6. The maximum Gasteiger partial charge on any atom is 0.302 e. The highest BCUT2D eigenvalue weighted by Gasteiger charge is 2.63. The average Bonchev–Trinajstić information content (AvgIpc) is 3.04. The fraction of sp³-hybridized carbons (Fsp3) is 0.852. The molecule has 0 radical (unpaired) electrons. The highest BCUT2D eigenvalue weighted by atomic mass is 16.5. The largest absolute Gasteiger partial charge is 0.463 e. The van der Waals surface area contributed by atoms with Gasteiger partial charge in [-0.05, 0) is 91.8 Å². The minimum Gasteiger partial charge on any atom is -0.463 e. The summed E-state index contributed by atoms with van der Waals surface area (Å²) in [6.45, 7) is 14.5. The van der Waals surface area contributed by atoms with E-state index < -0.39 is 0 Å². The minimum absolute atomic E-state index is 0.000865. The Morgan fingerprint density at radius 2 is 1.58 bits per heavy atom. The average molecular weight is 431 g/mol. The van der Waals surface area contributed by atoms with E-state index >= 15 is 0 Å². The maximum atomic E-state index is 12.1. The van der Waals surface area contributed by atoms with Gasteiger partial charge in [-0.15, -0.1) is 6.58 Å². The van der Waals surface area contributed by atoms with Gasteiger partial charge < -0.3 is 9.47 Å². The van der Waals surface area contributed by atoms with Gasteiger partial charge in [-0.1, -0.05) is 26.8 Å². The van der Waals surface area contributed by atoms with Crippen molar-refractivity contribution in [1.82, 2.24) is 0 Å². The van der Waals surface area contributed by atoms with E-state index in [1.165, 1.54) is 32.6 Å². The van der Waals surface area contributed by atoms with Crippen LogP contribution in [-0.4, -0.2) is 24.1 Å². The number of allylic oxidation sites excluding steroid dienone is 1. The van der Waals surface area contributed by atoms with Gasteiger partial charge in [0.25, 0.3) is 0 Å². The summed E-state index contributed by atoms with van der Waals surface area (Å²) in [5, 5.41) is 0. The molecule has 0 aliphatic heterocycles. The molecule has 4 heteroatoms. The summed E-state index contributed by atoms with van der Waals surface area (Å²) in [6.07, 6.45) is 11.1. The second-order valence-corrected chi connectivity index (χ2v) is 11.7. The molecule has 4 rings (SSSR count). The molecule has 0 N–H and O–H groups in total. The van der Waals surface area contributed by atoms with Gasteiger partial charge in [0.1, 0.15) is 12.2 Å². The number of ether oxygens (including phenoxy) is 2. The molecule has 4 aliphatic rings. The first-order valence-electron chi connectivity index (χ1n) is 12.6. The number of esters is 2. The van der Waals surface area contributed by atoms with Crippen molar-refractivity contribution in [3.63, 3.8) is 0 Å². The second kappa shape index (κ2) is 8.23. The molecular formula is C27H42O4. The molecule has 10 atom stereocenters. The number of hydrogen-bond donors (Lipinski definition) is 0. The summed E-state index contributed by atoms with van der Waals surface area (Å²) in [7, 11) is 0. The Labute approximate surface area is 188 Å². The third kappa shape index (κ3) is 3.76. The Morgan fingerprint density at radius 3 is 2.23 bits per heavy atom. The van der Waals surface area contributed by atoms with Crippen molar-refractivity contribution in [3.8, 4) is 0 Å². The molecule has 0 aromatic heterocycles. The summed E-state index contributed by atoms with van der Waals surface area (Å²) < 4.78 is 11.7. The Bertz CT molecular complexity index is 731. The number of fused-ring (bicyclic) bond motifs is 5. The zero-order chi connectivity index (χ0) is 22.6. The summed E-state index contributed by atoms with van der Waals surface area (Å²) in [4.78, 5) is 23.7. The third-order valence-corrected chi connectivity index (χ3v) is 10.3. The van der Waals surface area contributed by atoms with E-state index in [0.717, 1.165) is 25.7 Å². The predicted molar refractivity (Wildman–Crippen MR) is 121 cm³/mol. The lowest BCUT2D eigenvalue weighted by molar-refractivity contribution is -0.196. The fourth-order valence-electron chi connectivity index (χ4n) is 8.90. The van der Waals surface area contributed by atoms with Crippen LogP contribution in [0, 0.1) is 46.3 Å². The van der Waals surface area contributed by atoms with Crippen molar-refractivity contribution in [1.29, 1.82) is 0 Å². The molecule has 0 saturated heterocycles. The van der Waals surface area contributed by atoms with E-state index in [9.17, 15) is 9.59 Å². The molecule has 4 aliphatic carbocycles. The SMILES string of the molecule is C=C[C@@H](C)C1CCC2C3C(OC(C)=O)CC4CC(OC(C)=O)CCC4(C)C3CCC21C. The topological polar surface area (TPSA) is 52.6 Å². The second-order valence-electron chi connectivity index (χ2n) is 11.7. The molecule has 4 fully saturated rings. The lowest BCUT2D eigenvalue weighted by Gasteiger charge is -2.62. The fourth-order valence-corrected chi connectivity index (χ4v) is 8.90. The molecule has 0 aromatic carbocycles. The lowest BCUT2D eigenvalue weighted by atomic mass is 9.43. The zero-order valence-electron chi connectivity index (χ0n) is 20.2. The number of carbonyl (C=O) groups excluding carboxylic acids is 2. The molecule has 0 amide bonds. The molecular weight excluding hydrogens is 388 g/mol. The number of hydrogen-bond acceptors (Lipinski definition) is 4. The van der Waals surface area contributed by atoms with Crippen molar-refractivity contribution in [2.24, 2.45) is 46.3 Å². The van der Waals surface area contributed by atoms with E-state index in [4.69, 9.17) is 9.47 Å². The van der Waals surface area contributed by atoms with Crippen molar-refractivity contribution in [2.45, 2.75) is 98.2 Å². The van der Waals surface area contributed by atoms with Crippen LogP contribution in [0.25, 0.3) is 0 Å². The quantitative estimate of drug-likeness (QED) is 0.409. The minimum atomic E-state index is -0.180. The van der Waals surface area contributed by atoms with Crippen LogP contribution in [0.5, 0.6) is 0 Å². The molecule has 0 spiro atoms. The van der Waals surface area contributed by atoms with E-state index in [1.54, 1.807) is 6.92 Å². The van der Waals surface area contributed by atoms with Gasteiger partial charge in [0.05, 0.1) is 0 Å². The van der Waals surface area contributed by atoms with Crippen molar-refractivity contribution >= 4 is 11.9 Å². The third-order valence-electron chi connectivity index (χ3n) is 10.3. The number of carbonyl (C=O) groups is 2. The van der Waals surface area contributed by atoms with E-state index in [0.29, 0.717) is 40.9 Å². The van der Waals surface area contributed by atoms with Crippen LogP contribution in [0.2, 0.25) is 0 Å². The van der Waals surface area contributed by atoms with Crippen LogP contribution >= 0.6 is 0 Å². The summed E-state index contributed by atoms with van der Waals surface area (Å²) in [6, 6.07) is 0. The number of rotatable bonds is 4. The molecule has 174 valence electrons. The summed E-state index contributed by atoms with van der Waals surface area (Å²) >= 11 is 0. The molecule has 0 heterocycles. The lowest BCUT2D eigenvalue weighted by Crippen LogP contribution is -2.59.